The highest BCUT2D eigenvalue weighted by Crippen LogP contribution is 2.28. The zero-order valence-electron chi connectivity index (χ0n) is 17.0. The lowest BCUT2D eigenvalue weighted by Gasteiger charge is -2.12. The van der Waals surface area contributed by atoms with Crippen LogP contribution < -0.4 is 24.8 Å². The fourth-order valence-corrected chi connectivity index (χ4v) is 2.42. The number of anilines is 1. The normalized spacial score (nSPS) is 9.97. The van der Waals surface area contributed by atoms with Crippen LogP contribution in [-0.4, -0.2) is 51.8 Å². The monoisotopic (exact) mass is 416 g/mol. The lowest BCUT2D eigenvalue weighted by Crippen LogP contribution is -2.32. The van der Waals surface area contributed by atoms with Crippen LogP contribution in [0.5, 0.6) is 17.2 Å². The van der Waals surface area contributed by atoms with E-state index in [0.717, 1.165) is 0 Å². The Balaban J connectivity index is 1.79. The first kappa shape index (κ1) is 22.5. The maximum atomic E-state index is 12.1. The molecular formula is C21H24N2O7. The average Bonchev–Trinajstić information content (AvgIpc) is 2.76. The van der Waals surface area contributed by atoms with Gasteiger partial charge < -0.3 is 29.6 Å². The predicted molar refractivity (Wildman–Crippen MR) is 109 cm³/mol. The summed E-state index contributed by atoms with van der Waals surface area (Å²) in [6.45, 7) is 1.50. The van der Waals surface area contributed by atoms with Gasteiger partial charge in [0.25, 0.3) is 11.8 Å². The number of hydrogen-bond donors (Lipinski definition) is 2. The van der Waals surface area contributed by atoms with Gasteiger partial charge in [0.15, 0.2) is 6.61 Å². The van der Waals surface area contributed by atoms with Crippen molar-refractivity contribution in [2.24, 2.45) is 0 Å². The molecule has 0 unspecified atom stereocenters. The van der Waals surface area contributed by atoms with Gasteiger partial charge in [-0.05, 0) is 43.3 Å². The Kier molecular flexibility index (Phi) is 8.49. The lowest BCUT2D eigenvalue weighted by molar-refractivity contribution is -0.146. The fraction of sp³-hybridized carbons (Fsp3) is 0.286. The third kappa shape index (κ3) is 6.69. The summed E-state index contributed by atoms with van der Waals surface area (Å²) in [5.41, 5.74) is 0.746. The van der Waals surface area contributed by atoms with E-state index in [0.29, 0.717) is 35.1 Å². The van der Waals surface area contributed by atoms with Crippen molar-refractivity contribution in [3.05, 3.63) is 48.0 Å². The number of hydrogen-bond acceptors (Lipinski definition) is 7. The van der Waals surface area contributed by atoms with Gasteiger partial charge in [0, 0.05) is 11.6 Å². The van der Waals surface area contributed by atoms with Crippen molar-refractivity contribution in [1.82, 2.24) is 5.32 Å². The van der Waals surface area contributed by atoms with Gasteiger partial charge in [0.2, 0.25) is 0 Å². The first-order chi connectivity index (χ1) is 14.5. The number of carbonyl (C=O) groups is 3. The van der Waals surface area contributed by atoms with Crippen molar-refractivity contribution in [2.75, 3.05) is 39.3 Å². The van der Waals surface area contributed by atoms with E-state index in [1.807, 2.05) is 6.92 Å². The zero-order chi connectivity index (χ0) is 21.9. The number of carbonyl (C=O) groups excluding carboxylic acids is 3. The standard InChI is InChI=1S/C21H24N2O7/c1-4-29-15-7-5-14(6-8-15)21(26)22-12-20(25)30-13-19(24)23-17-11-16(27-2)9-10-18(17)28-3/h5-11H,4,12-13H2,1-3H3,(H,22,26)(H,23,24). The molecule has 30 heavy (non-hydrogen) atoms. The van der Waals surface area contributed by atoms with E-state index < -0.39 is 24.4 Å². The molecule has 2 aromatic rings. The molecule has 2 rings (SSSR count). The number of methoxy groups -OCH3 is 2. The Morgan fingerprint density at radius 3 is 2.27 bits per heavy atom. The molecule has 0 aromatic heterocycles. The Bertz CT molecular complexity index is 881. The minimum Gasteiger partial charge on any atom is -0.497 e. The minimum absolute atomic E-state index is 0.370. The predicted octanol–water partition coefficient (Wildman–Crippen LogP) is 2.01. The molecule has 0 bridgehead atoms. The third-order valence-corrected chi connectivity index (χ3v) is 3.87. The van der Waals surface area contributed by atoms with Crippen LogP contribution in [-0.2, 0) is 14.3 Å². The van der Waals surface area contributed by atoms with Gasteiger partial charge in [-0.2, -0.15) is 0 Å². The van der Waals surface area contributed by atoms with E-state index in [4.69, 9.17) is 18.9 Å². The minimum atomic E-state index is -0.748. The summed E-state index contributed by atoms with van der Waals surface area (Å²) in [5.74, 6) is -0.152. The maximum absolute atomic E-state index is 12.1. The van der Waals surface area contributed by atoms with Gasteiger partial charge >= 0.3 is 5.97 Å². The summed E-state index contributed by atoms with van der Waals surface area (Å²) in [5, 5.41) is 5.01. The molecule has 2 aromatic carbocycles. The Labute approximate surface area is 174 Å². The number of amides is 2. The molecule has 9 nitrogen and oxygen atoms in total. The summed E-state index contributed by atoms with van der Waals surface area (Å²) in [6.07, 6.45) is 0. The van der Waals surface area contributed by atoms with Gasteiger partial charge in [0.05, 0.1) is 26.5 Å². The number of esters is 1. The largest absolute Gasteiger partial charge is 0.497 e. The first-order valence-electron chi connectivity index (χ1n) is 9.15. The van der Waals surface area contributed by atoms with Gasteiger partial charge in [0.1, 0.15) is 23.8 Å². The third-order valence-electron chi connectivity index (χ3n) is 3.87. The van der Waals surface area contributed by atoms with E-state index >= 15 is 0 Å². The average molecular weight is 416 g/mol. The molecule has 0 saturated carbocycles. The highest BCUT2D eigenvalue weighted by Gasteiger charge is 2.13. The zero-order valence-corrected chi connectivity index (χ0v) is 17.0. The van der Waals surface area contributed by atoms with Gasteiger partial charge in [-0.3, -0.25) is 14.4 Å². The summed E-state index contributed by atoms with van der Waals surface area (Å²) < 4.78 is 20.5. The maximum Gasteiger partial charge on any atom is 0.325 e. The summed E-state index contributed by atoms with van der Waals surface area (Å²) in [4.78, 5) is 35.9. The van der Waals surface area contributed by atoms with Crippen LogP contribution in [0.25, 0.3) is 0 Å². The Morgan fingerprint density at radius 2 is 1.63 bits per heavy atom. The molecule has 160 valence electrons. The van der Waals surface area contributed by atoms with Crippen molar-refractivity contribution < 1.29 is 33.3 Å². The van der Waals surface area contributed by atoms with Gasteiger partial charge in [-0.25, -0.2) is 0 Å². The van der Waals surface area contributed by atoms with Crippen molar-refractivity contribution in [3.8, 4) is 17.2 Å². The van der Waals surface area contributed by atoms with Gasteiger partial charge in [-0.1, -0.05) is 0 Å². The van der Waals surface area contributed by atoms with Crippen LogP contribution in [0.15, 0.2) is 42.5 Å². The van der Waals surface area contributed by atoms with Crippen molar-refractivity contribution in [1.29, 1.82) is 0 Å². The number of benzene rings is 2. The number of ether oxygens (including phenoxy) is 4. The molecule has 0 fully saturated rings. The molecule has 2 N–H and O–H groups in total. The highest BCUT2D eigenvalue weighted by atomic mass is 16.5. The van der Waals surface area contributed by atoms with Crippen LogP contribution in [0.2, 0.25) is 0 Å². The van der Waals surface area contributed by atoms with Crippen molar-refractivity contribution in [2.45, 2.75) is 6.92 Å². The van der Waals surface area contributed by atoms with E-state index in [1.54, 1.807) is 42.5 Å². The second-order valence-corrected chi connectivity index (χ2v) is 5.92. The molecule has 0 atom stereocenters. The SMILES string of the molecule is CCOc1ccc(C(=O)NCC(=O)OCC(=O)Nc2cc(OC)ccc2OC)cc1. The van der Waals surface area contributed by atoms with Crippen LogP contribution in [0.4, 0.5) is 5.69 Å². The number of rotatable bonds is 10. The summed E-state index contributed by atoms with van der Waals surface area (Å²) in [6, 6.07) is 11.4. The number of nitrogens with one attached hydrogen (secondary N) is 2. The van der Waals surface area contributed by atoms with E-state index in [2.05, 4.69) is 10.6 Å². The quantitative estimate of drug-likeness (QED) is 0.570. The van der Waals surface area contributed by atoms with Crippen LogP contribution in [0.1, 0.15) is 17.3 Å². The molecule has 0 spiro atoms. The fourth-order valence-electron chi connectivity index (χ4n) is 2.42. The molecule has 0 radical (unpaired) electrons. The van der Waals surface area contributed by atoms with Crippen molar-refractivity contribution >= 4 is 23.5 Å². The summed E-state index contributed by atoms with van der Waals surface area (Å²) >= 11 is 0. The van der Waals surface area contributed by atoms with Gasteiger partial charge in [-0.15, -0.1) is 0 Å². The molecule has 2 amide bonds. The smallest absolute Gasteiger partial charge is 0.325 e. The highest BCUT2D eigenvalue weighted by molar-refractivity contribution is 5.97. The summed E-state index contributed by atoms with van der Waals surface area (Å²) in [7, 11) is 2.96. The second-order valence-electron chi connectivity index (χ2n) is 5.92. The van der Waals surface area contributed by atoms with Crippen LogP contribution in [0, 0.1) is 0 Å². The van der Waals surface area contributed by atoms with Crippen LogP contribution in [0.3, 0.4) is 0 Å². The molecule has 0 heterocycles. The molecule has 0 saturated heterocycles. The lowest BCUT2D eigenvalue weighted by atomic mass is 10.2. The van der Waals surface area contributed by atoms with E-state index in [-0.39, 0.29) is 6.54 Å². The van der Waals surface area contributed by atoms with E-state index in [9.17, 15) is 14.4 Å². The molecule has 0 aliphatic heterocycles. The molecule has 0 aliphatic rings. The Morgan fingerprint density at radius 1 is 0.933 bits per heavy atom. The van der Waals surface area contributed by atoms with Crippen LogP contribution >= 0.6 is 0 Å². The Hall–Kier alpha value is -3.75. The molecule has 9 heteroatoms. The topological polar surface area (TPSA) is 112 Å². The van der Waals surface area contributed by atoms with Crippen molar-refractivity contribution in [3.63, 3.8) is 0 Å². The molecular weight excluding hydrogens is 392 g/mol. The van der Waals surface area contributed by atoms with E-state index in [1.165, 1.54) is 14.2 Å². The first-order valence-corrected chi connectivity index (χ1v) is 9.15. The molecule has 0 aliphatic carbocycles. The second kappa shape index (κ2) is 11.3.